The molecule has 2 N–H and O–H groups in total. The summed E-state index contributed by atoms with van der Waals surface area (Å²) in [7, 11) is 0. The zero-order chi connectivity index (χ0) is 8.55. The molecule has 0 radical (unpaired) electrons. The molecule has 0 aliphatic carbocycles. The van der Waals surface area contributed by atoms with Gasteiger partial charge in [0.2, 0.25) is 0 Å². The van der Waals surface area contributed by atoms with E-state index in [9.17, 15) is 10.2 Å². The van der Waals surface area contributed by atoms with Gasteiger partial charge in [-0.05, 0) is 6.42 Å². The monoisotopic (exact) mass is 173 g/mol. The van der Waals surface area contributed by atoms with Gasteiger partial charge in [-0.1, -0.05) is 0 Å². The Morgan fingerprint density at radius 1 is 1.25 bits per heavy atom. The van der Waals surface area contributed by atoms with E-state index in [0.29, 0.717) is 19.8 Å². The highest BCUT2D eigenvalue weighted by Gasteiger charge is 2.35. The van der Waals surface area contributed by atoms with Crippen LogP contribution in [0.15, 0.2) is 0 Å². The number of hydrogen-bond acceptors (Lipinski definition) is 4. The van der Waals surface area contributed by atoms with E-state index in [1.165, 1.54) is 0 Å². The van der Waals surface area contributed by atoms with Crippen molar-refractivity contribution in [3.63, 3.8) is 0 Å². The van der Waals surface area contributed by atoms with Gasteiger partial charge < -0.3 is 14.9 Å². The molecule has 0 bridgehead atoms. The fraction of sp³-hybridized carbons (Fsp3) is 1.00. The molecule has 70 valence electrons. The molecule has 0 aromatic rings. The van der Waals surface area contributed by atoms with Gasteiger partial charge in [0, 0.05) is 13.1 Å². The van der Waals surface area contributed by atoms with Crippen LogP contribution in [0.5, 0.6) is 0 Å². The number of likely N-dealkylation sites (tertiary alicyclic amines) is 1. The lowest BCUT2D eigenvalue weighted by atomic mass is 10.2. The highest BCUT2D eigenvalue weighted by atomic mass is 16.5. The lowest BCUT2D eigenvalue weighted by Crippen LogP contribution is -2.41. The van der Waals surface area contributed by atoms with Gasteiger partial charge in [-0.2, -0.15) is 0 Å². The van der Waals surface area contributed by atoms with Crippen LogP contribution in [0.1, 0.15) is 6.42 Å². The number of aliphatic hydroxyl groups excluding tert-OH is 2. The summed E-state index contributed by atoms with van der Waals surface area (Å²) in [5, 5.41) is 18.8. The predicted molar refractivity (Wildman–Crippen MR) is 42.8 cm³/mol. The zero-order valence-corrected chi connectivity index (χ0v) is 7.02. The molecule has 0 spiro atoms. The minimum absolute atomic E-state index is 0.113. The molecule has 2 fully saturated rings. The number of aliphatic hydroxyl groups is 2. The fourth-order valence-electron chi connectivity index (χ4n) is 1.95. The molecule has 12 heavy (non-hydrogen) atoms. The molecule has 0 saturated carbocycles. The Hall–Kier alpha value is -0.160. The summed E-state index contributed by atoms with van der Waals surface area (Å²) in [6.07, 6.45) is 0.247. The van der Waals surface area contributed by atoms with Crippen molar-refractivity contribution in [2.24, 2.45) is 0 Å². The number of nitrogens with zero attached hydrogens (tertiary/aromatic N) is 1. The summed E-state index contributed by atoms with van der Waals surface area (Å²) in [6, 6.07) is 0.113. The second-order valence-electron chi connectivity index (χ2n) is 3.61. The summed E-state index contributed by atoms with van der Waals surface area (Å²) in [5.74, 6) is 0. The van der Waals surface area contributed by atoms with Crippen molar-refractivity contribution in [1.82, 2.24) is 4.90 Å². The molecule has 2 unspecified atom stereocenters. The van der Waals surface area contributed by atoms with Crippen molar-refractivity contribution < 1.29 is 14.9 Å². The van der Waals surface area contributed by atoms with E-state index in [2.05, 4.69) is 4.90 Å². The maximum atomic E-state index is 9.49. The van der Waals surface area contributed by atoms with Gasteiger partial charge in [-0.25, -0.2) is 0 Å². The van der Waals surface area contributed by atoms with Gasteiger partial charge in [-0.15, -0.1) is 0 Å². The van der Waals surface area contributed by atoms with Crippen molar-refractivity contribution in [2.75, 3.05) is 26.3 Å². The third kappa shape index (κ3) is 1.47. The van der Waals surface area contributed by atoms with Crippen LogP contribution in [0.25, 0.3) is 0 Å². The molecule has 0 aromatic heterocycles. The van der Waals surface area contributed by atoms with Crippen LogP contribution >= 0.6 is 0 Å². The van der Waals surface area contributed by atoms with Crippen LogP contribution in [-0.2, 0) is 4.74 Å². The quantitative estimate of drug-likeness (QED) is 0.523. The minimum Gasteiger partial charge on any atom is -0.392 e. The molecule has 0 aromatic carbocycles. The van der Waals surface area contributed by atoms with Crippen LogP contribution in [0.3, 0.4) is 0 Å². The fourth-order valence-corrected chi connectivity index (χ4v) is 1.95. The second kappa shape index (κ2) is 3.30. The molecule has 2 saturated heterocycles. The van der Waals surface area contributed by atoms with Gasteiger partial charge in [-0.3, -0.25) is 4.90 Å². The summed E-state index contributed by atoms with van der Waals surface area (Å²) < 4.78 is 5.14. The smallest absolute Gasteiger partial charge is 0.0950 e. The molecular formula is C8H15NO3. The average Bonchev–Trinajstić information content (AvgIpc) is 2.58. The Morgan fingerprint density at radius 2 is 2.08 bits per heavy atom. The molecule has 4 nitrogen and oxygen atoms in total. The first kappa shape index (κ1) is 8.44. The van der Waals surface area contributed by atoms with Crippen LogP contribution in [0.4, 0.5) is 0 Å². The van der Waals surface area contributed by atoms with E-state index in [4.69, 9.17) is 4.74 Å². The lowest BCUT2D eigenvalue weighted by Gasteiger charge is -2.24. The molecule has 3 atom stereocenters. The van der Waals surface area contributed by atoms with E-state index in [1.807, 2.05) is 0 Å². The SMILES string of the molecule is OC1CCN(C2COC[C@H]2O)C1. The molecule has 2 rings (SSSR count). The largest absolute Gasteiger partial charge is 0.392 e. The maximum absolute atomic E-state index is 9.49. The van der Waals surface area contributed by atoms with Gasteiger partial charge in [0.1, 0.15) is 0 Å². The number of rotatable bonds is 1. The van der Waals surface area contributed by atoms with Gasteiger partial charge in [0.25, 0.3) is 0 Å². The van der Waals surface area contributed by atoms with E-state index < -0.39 is 0 Å². The zero-order valence-electron chi connectivity index (χ0n) is 7.02. The van der Waals surface area contributed by atoms with Crippen molar-refractivity contribution in [1.29, 1.82) is 0 Å². The molecular weight excluding hydrogens is 158 g/mol. The normalized spacial score (nSPS) is 44.0. The van der Waals surface area contributed by atoms with Gasteiger partial charge in [0.05, 0.1) is 31.5 Å². The first-order valence-corrected chi connectivity index (χ1v) is 4.45. The number of β-amino-alcohol motifs (C(OH)–C–C–N with tert-alkyl or cyclic N) is 1. The highest BCUT2D eigenvalue weighted by molar-refractivity contribution is 4.88. The van der Waals surface area contributed by atoms with E-state index in [0.717, 1.165) is 13.0 Å². The maximum Gasteiger partial charge on any atom is 0.0950 e. The van der Waals surface area contributed by atoms with Crippen molar-refractivity contribution >= 4 is 0 Å². The van der Waals surface area contributed by atoms with Crippen molar-refractivity contribution in [3.8, 4) is 0 Å². The number of hydrogen-bond donors (Lipinski definition) is 2. The third-order valence-corrected chi connectivity index (χ3v) is 2.69. The summed E-state index contributed by atoms with van der Waals surface area (Å²) >= 11 is 0. The first-order chi connectivity index (χ1) is 5.77. The summed E-state index contributed by atoms with van der Waals surface area (Å²) in [6.45, 7) is 2.61. The molecule has 0 amide bonds. The molecule has 2 heterocycles. The third-order valence-electron chi connectivity index (χ3n) is 2.69. The van der Waals surface area contributed by atoms with Crippen molar-refractivity contribution in [2.45, 2.75) is 24.7 Å². The minimum atomic E-state index is -0.365. The van der Waals surface area contributed by atoms with Crippen LogP contribution in [0, 0.1) is 0 Å². The average molecular weight is 173 g/mol. The van der Waals surface area contributed by atoms with Crippen LogP contribution in [0.2, 0.25) is 0 Å². The summed E-state index contributed by atoms with van der Waals surface area (Å²) in [5.41, 5.74) is 0. The van der Waals surface area contributed by atoms with E-state index >= 15 is 0 Å². The van der Waals surface area contributed by atoms with E-state index in [-0.39, 0.29) is 18.2 Å². The first-order valence-electron chi connectivity index (χ1n) is 4.45. The summed E-state index contributed by atoms with van der Waals surface area (Å²) in [4.78, 5) is 2.11. The van der Waals surface area contributed by atoms with Crippen molar-refractivity contribution in [3.05, 3.63) is 0 Å². The number of ether oxygens (including phenoxy) is 1. The molecule has 2 aliphatic rings. The Kier molecular flexibility index (Phi) is 2.32. The van der Waals surface area contributed by atoms with Gasteiger partial charge >= 0.3 is 0 Å². The highest BCUT2D eigenvalue weighted by Crippen LogP contribution is 2.18. The Labute approximate surface area is 71.7 Å². The van der Waals surface area contributed by atoms with E-state index in [1.54, 1.807) is 0 Å². The molecule has 2 aliphatic heterocycles. The van der Waals surface area contributed by atoms with Gasteiger partial charge in [0.15, 0.2) is 0 Å². The standard InChI is InChI=1S/C8H15NO3/c10-6-1-2-9(3-6)7-4-12-5-8(7)11/h6-8,10-11H,1-5H2/t6?,7?,8-/m1/s1. The predicted octanol–water partition coefficient (Wildman–Crippen LogP) is -1.19. The second-order valence-corrected chi connectivity index (χ2v) is 3.61. The van der Waals surface area contributed by atoms with Crippen LogP contribution in [-0.4, -0.2) is 59.7 Å². The Morgan fingerprint density at radius 3 is 2.58 bits per heavy atom. The Balaban J connectivity index is 1.91. The lowest BCUT2D eigenvalue weighted by molar-refractivity contribution is 0.0853. The topological polar surface area (TPSA) is 52.9 Å². The van der Waals surface area contributed by atoms with Crippen LogP contribution < -0.4 is 0 Å². The Bertz CT molecular complexity index is 164. The molecule has 4 heteroatoms.